The van der Waals surface area contributed by atoms with Crippen molar-refractivity contribution in [3.63, 3.8) is 0 Å². The molecule has 1 aromatic carbocycles. The fourth-order valence-corrected chi connectivity index (χ4v) is 4.86. The van der Waals surface area contributed by atoms with E-state index in [-0.39, 0.29) is 11.5 Å². The molecule has 2 unspecified atom stereocenters. The van der Waals surface area contributed by atoms with Crippen molar-refractivity contribution < 1.29 is 37.3 Å². The molecule has 1 N–H and O–H groups in total. The number of likely N-dealkylation sites (tertiary alicyclic amines) is 1. The zero-order chi connectivity index (χ0) is 27.1. The molecular weight excluding hydrogens is 491 g/mol. The predicted octanol–water partition coefficient (Wildman–Crippen LogP) is 3.70. The molecule has 2 saturated heterocycles. The van der Waals surface area contributed by atoms with Crippen LogP contribution in [0.4, 0.5) is 13.2 Å². The summed E-state index contributed by atoms with van der Waals surface area (Å²) in [4.78, 5) is 26.4. The van der Waals surface area contributed by atoms with Crippen molar-refractivity contribution >= 4 is 11.9 Å². The molecule has 4 rings (SSSR count). The molecule has 37 heavy (non-hydrogen) atoms. The van der Waals surface area contributed by atoms with Gasteiger partial charge in [-0.15, -0.1) is 0 Å². The molecule has 0 saturated carbocycles. The van der Waals surface area contributed by atoms with E-state index in [1.165, 1.54) is 0 Å². The topological polar surface area (TPSA) is 84.2 Å². The van der Waals surface area contributed by atoms with E-state index in [1.807, 2.05) is 58.3 Å². The van der Waals surface area contributed by atoms with Gasteiger partial charge in [0.05, 0.1) is 18.8 Å². The number of halogens is 3. The molecule has 0 bridgehead atoms. The van der Waals surface area contributed by atoms with Crippen LogP contribution in [0.25, 0.3) is 5.69 Å². The maximum atomic E-state index is 13.2. The van der Waals surface area contributed by atoms with Crippen LogP contribution in [0, 0.1) is 5.92 Å². The number of piperidine rings is 1. The molecule has 2 aliphatic heterocycles. The first-order valence-electron chi connectivity index (χ1n) is 12.2. The molecular formula is C26H34F3N3O5. The first kappa shape index (κ1) is 28.7. The minimum atomic E-state index is -5.08. The van der Waals surface area contributed by atoms with Crippen molar-refractivity contribution in [2.75, 3.05) is 53.6 Å². The minimum absolute atomic E-state index is 0.109. The van der Waals surface area contributed by atoms with Crippen molar-refractivity contribution in [1.82, 2.24) is 14.4 Å². The highest BCUT2D eigenvalue weighted by atomic mass is 19.4. The number of aliphatic carboxylic acids is 1. The van der Waals surface area contributed by atoms with Crippen molar-refractivity contribution in [3.05, 3.63) is 54.4 Å². The van der Waals surface area contributed by atoms with Crippen LogP contribution >= 0.6 is 0 Å². The van der Waals surface area contributed by atoms with Gasteiger partial charge in [-0.3, -0.25) is 4.79 Å². The summed E-state index contributed by atoms with van der Waals surface area (Å²) in [5.41, 5.74) is 1.63. The van der Waals surface area contributed by atoms with E-state index in [4.69, 9.17) is 19.4 Å². The van der Waals surface area contributed by atoms with Gasteiger partial charge in [-0.05, 0) is 68.6 Å². The first-order valence-corrected chi connectivity index (χ1v) is 12.2. The molecule has 2 aromatic rings. The molecule has 0 radical (unpaired) electrons. The lowest BCUT2D eigenvalue weighted by atomic mass is 9.86. The van der Waals surface area contributed by atoms with Gasteiger partial charge >= 0.3 is 12.1 Å². The predicted molar refractivity (Wildman–Crippen MR) is 131 cm³/mol. The highest BCUT2D eigenvalue weighted by molar-refractivity contribution is 5.94. The molecule has 1 aromatic heterocycles. The number of hydrogen-bond donors (Lipinski definition) is 1. The zero-order valence-corrected chi connectivity index (χ0v) is 21.1. The Labute approximate surface area is 214 Å². The zero-order valence-electron chi connectivity index (χ0n) is 21.1. The lowest BCUT2D eigenvalue weighted by Gasteiger charge is -2.40. The van der Waals surface area contributed by atoms with E-state index in [9.17, 15) is 18.0 Å². The van der Waals surface area contributed by atoms with Gasteiger partial charge in [0.1, 0.15) is 0 Å². The summed E-state index contributed by atoms with van der Waals surface area (Å²) in [6.07, 6.45) is 2.00. The van der Waals surface area contributed by atoms with E-state index in [2.05, 4.69) is 11.9 Å². The normalized spacial score (nSPS) is 21.7. The maximum absolute atomic E-state index is 13.2. The third-order valence-corrected chi connectivity index (χ3v) is 6.62. The number of carbonyl (C=O) groups excluding carboxylic acids is 1. The smallest absolute Gasteiger partial charge is 0.475 e. The van der Waals surface area contributed by atoms with Crippen LogP contribution in [-0.2, 0) is 14.3 Å². The van der Waals surface area contributed by atoms with Crippen molar-refractivity contribution in [2.45, 2.75) is 31.0 Å². The van der Waals surface area contributed by atoms with Gasteiger partial charge in [-0.1, -0.05) is 0 Å². The van der Waals surface area contributed by atoms with Gasteiger partial charge < -0.3 is 28.9 Å². The Bertz CT molecular complexity index is 1010. The van der Waals surface area contributed by atoms with Crippen molar-refractivity contribution in [2.24, 2.45) is 5.92 Å². The lowest BCUT2D eigenvalue weighted by Crippen LogP contribution is -2.50. The second kappa shape index (κ2) is 12.6. The van der Waals surface area contributed by atoms with Crippen LogP contribution in [0.5, 0.6) is 0 Å². The molecule has 11 heteroatoms. The highest BCUT2D eigenvalue weighted by Crippen LogP contribution is 2.38. The standard InChI is InChI=1S/C24H33N3O3.C2HF3O2/c1-25(14-15-29-2)17-20-16-24(30-18-20)10-5-13-27(19-24)23(28)21-6-8-22(9-7-21)26-11-3-4-12-26;3-2(4,5)1(6)7/h3-4,6-9,11-12,20H,5,10,13-19H2,1-2H3;(H,6,7). The average Bonchev–Trinajstić information content (AvgIpc) is 3.53. The van der Waals surface area contributed by atoms with Crippen LogP contribution in [0.2, 0.25) is 0 Å². The summed E-state index contributed by atoms with van der Waals surface area (Å²) >= 11 is 0. The largest absolute Gasteiger partial charge is 0.490 e. The van der Waals surface area contributed by atoms with E-state index in [0.717, 1.165) is 63.4 Å². The SMILES string of the molecule is COCCN(C)CC1COC2(CCCN(C(=O)c3ccc(-n4cccc4)cc3)C2)C1.O=C(O)C(F)(F)F. The van der Waals surface area contributed by atoms with E-state index in [0.29, 0.717) is 12.5 Å². The first-order chi connectivity index (χ1) is 17.5. The number of carboxylic acids is 1. The average molecular weight is 526 g/mol. The summed E-state index contributed by atoms with van der Waals surface area (Å²) < 4.78 is 45.3. The van der Waals surface area contributed by atoms with Gasteiger partial charge in [0.2, 0.25) is 0 Å². The number of nitrogens with zero attached hydrogens (tertiary/aromatic N) is 3. The summed E-state index contributed by atoms with van der Waals surface area (Å²) in [5.74, 6) is -2.13. The fourth-order valence-electron chi connectivity index (χ4n) is 4.86. The summed E-state index contributed by atoms with van der Waals surface area (Å²) in [6.45, 7) is 4.99. The number of aromatic nitrogens is 1. The molecule has 204 valence electrons. The van der Waals surface area contributed by atoms with Crippen molar-refractivity contribution in [3.8, 4) is 5.69 Å². The van der Waals surface area contributed by atoms with Crippen LogP contribution in [0.15, 0.2) is 48.8 Å². The van der Waals surface area contributed by atoms with Gasteiger partial charge in [-0.25, -0.2) is 4.79 Å². The summed E-state index contributed by atoms with van der Waals surface area (Å²) in [7, 11) is 3.88. The van der Waals surface area contributed by atoms with E-state index < -0.39 is 12.1 Å². The number of carboxylic acid groups (broad SMARTS) is 1. The number of alkyl halides is 3. The van der Waals surface area contributed by atoms with Gasteiger partial charge in [0.25, 0.3) is 5.91 Å². The second-order valence-corrected chi connectivity index (χ2v) is 9.59. The second-order valence-electron chi connectivity index (χ2n) is 9.59. The Morgan fingerprint density at radius 2 is 1.86 bits per heavy atom. The Morgan fingerprint density at radius 1 is 1.22 bits per heavy atom. The van der Waals surface area contributed by atoms with Crippen LogP contribution in [0.3, 0.4) is 0 Å². The third kappa shape index (κ3) is 8.05. The fraction of sp³-hybridized carbons (Fsp3) is 0.538. The number of methoxy groups -OCH3 is 1. The molecule has 2 atom stereocenters. The van der Waals surface area contributed by atoms with Crippen LogP contribution in [-0.4, -0.2) is 96.7 Å². The molecule has 8 nitrogen and oxygen atoms in total. The molecule has 1 spiro atoms. The molecule has 2 aliphatic rings. The quantitative estimate of drug-likeness (QED) is 0.594. The molecule has 1 amide bonds. The number of likely N-dealkylation sites (N-methyl/N-ethyl adjacent to an activating group) is 1. The number of carbonyl (C=O) groups is 2. The third-order valence-electron chi connectivity index (χ3n) is 6.62. The van der Waals surface area contributed by atoms with Gasteiger partial charge in [0, 0.05) is 56.9 Å². The number of benzene rings is 1. The van der Waals surface area contributed by atoms with Gasteiger partial charge in [-0.2, -0.15) is 13.2 Å². The Morgan fingerprint density at radius 3 is 2.46 bits per heavy atom. The van der Waals surface area contributed by atoms with Gasteiger partial charge in [0.15, 0.2) is 0 Å². The maximum Gasteiger partial charge on any atom is 0.490 e. The van der Waals surface area contributed by atoms with Crippen LogP contribution in [0.1, 0.15) is 29.6 Å². The van der Waals surface area contributed by atoms with E-state index >= 15 is 0 Å². The van der Waals surface area contributed by atoms with E-state index in [1.54, 1.807) is 7.11 Å². The Kier molecular flexibility index (Phi) is 9.74. The molecule has 0 aliphatic carbocycles. The lowest BCUT2D eigenvalue weighted by molar-refractivity contribution is -0.192. The van der Waals surface area contributed by atoms with Crippen molar-refractivity contribution in [1.29, 1.82) is 0 Å². The number of rotatable bonds is 7. The summed E-state index contributed by atoms with van der Waals surface area (Å²) in [5, 5.41) is 7.12. The number of hydrogen-bond acceptors (Lipinski definition) is 5. The summed E-state index contributed by atoms with van der Waals surface area (Å²) in [6, 6.07) is 11.9. The van der Waals surface area contributed by atoms with Crippen LogP contribution < -0.4 is 0 Å². The minimum Gasteiger partial charge on any atom is -0.475 e. The number of amides is 1. The number of ether oxygens (including phenoxy) is 2. The molecule has 2 fully saturated rings. The Hall–Kier alpha value is -2.89. The molecule has 3 heterocycles. The monoisotopic (exact) mass is 525 g/mol. The highest BCUT2D eigenvalue weighted by Gasteiger charge is 2.44. The Balaban J connectivity index is 0.000000479.